The molecular formula is C12H20O6-2. The van der Waals surface area contributed by atoms with E-state index in [-0.39, 0.29) is 12.8 Å². The predicted molar refractivity (Wildman–Crippen MR) is 58.8 cm³/mol. The van der Waals surface area contributed by atoms with Crippen molar-refractivity contribution in [3.05, 3.63) is 0 Å². The molecule has 0 saturated heterocycles. The third-order valence-corrected chi connectivity index (χ3v) is 3.85. The molecule has 0 aromatic heterocycles. The van der Waals surface area contributed by atoms with Gasteiger partial charge in [0.2, 0.25) is 0 Å². The summed E-state index contributed by atoms with van der Waals surface area (Å²) >= 11 is 0. The molecule has 0 radical (unpaired) electrons. The lowest BCUT2D eigenvalue weighted by atomic mass is 9.67. The van der Waals surface area contributed by atoms with Gasteiger partial charge in [0.25, 0.3) is 0 Å². The van der Waals surface area contributed by atoms with Gasteiger partial charge in [-0.1, -0.05) is 40.5 Å². The quantitative estimate of drug-likeness (QED) is 0.548. The molecule has 18 heavy (non-hydrogen) atoms. The van der Waals surface area contributed by atoms with Crippen LogP contribution in [0.4, 0.5) is 0 Å². The summed E-state index contributed by atoms with van der Waals surface area (Å²) in [6, 6.07) is 0. The molecule has 0 aromatic carbocycles. The fourth-order valence-corrected chi connectivity index (χ4v) is 2.06. The van der Waals surface area contributed by atoms with Gasteiger partial charge in [0.05, 0.1) is 11.9 Å². The van der Waals surface area contributed by atoms with E-state index >= 15 is 0 Å². The Labute approximate surface area is 106 Å². The second-order valence-corrected chi connectivity index (χ2v) is 4.73. The highest BCUT2D eigenvalue weighted by molar-refractivity contribution is 5.89. The Morgan fingerprint density at radius 1 is 0.944 bits per heavy atom. The van der Waals surface area contributed by atoms with Gasteiger partial charge in [0.1, 0.15) is 11.2 Å². The summed E-state index contributed by atoms with van der Waals surface area (Å²) in [5.41, 5.74) is -5.79. The van der Waals surface area contributed by atoms with Crippen molar-refractivity contribution < 1.29 is 30.0 Å². The molecular weight excluding hydrogens is 240 g/mol. The highest BCUT2D eigenvalue weighted by Crippen LogP contribution is 2.38. The van der Waals surface area contributed by atoms with Crippen LogP contribution >= 0.6 is 0 Å². The van der Waals surface area contributed by atoms with E-state index in [0.29, 0.717) is 0 Å². The molecule has 0 aliphatic heterocycles. The molecule has 4 atom stereocenters. The van der Waals surface area contributed by atoms with Gasteiger partial charge in [-0.15, -0.1) is 0 Å². The summed E-state index contributed by atoms with van der Waals surface area (Å²) in [4.78, 5) is 22.4. The SMILES string of the molecule is CCC(C)C(O)(C(=O)[O-])C(O)(C(=O)[O-])C(C)CC. The first-order chi connectivity index (χ1) is 8.10. The minimum Gasteiger partial charge on any atom is -0.547 e. The van der Waals surface area contributed by atoms with Crippen molar-refractivity contribution in [3.8, 4) is 0 Å². The van der Waals surface area contributed by atoms with Crippen molar-refractivity contribution in [2.45, 2.75) is 51.7 Å². The van der Waals surface area contributed by atoms with Crippen LogP contribution in [0, 0.1) is 11.8 Å². The summed E-state index contributed by atoms with van der Waals surface area (Å²) in [5, 5.41) is 42.8. The Morgan fingerprint density at radius 2 is 1.17 bits per heavy atom. The topological polar surface area (TPSA) is 121 Å². The number of carboxylic acid groups (broad SMARTS) is 2. The van der Waals surface area contributed by atoms with Gasteiger partial charge in [-0.05, 0) is 11.8 Å². The van der Waals surface area contributed by atoms with E-state index in [1.54, 1.807) is 13.8 Å². The largest absolute Gasteiger partial charge is 0.547 e. The summed E-state index contributed by atoms with van der Waals surface area (Å²) in [6.07, 6.45) is 0.326. The molecule has 4 unspecified atom stereocenters. The number of hydrogen-bond donors (Lipinski definition) is 2. The molecule has 2 N–H and O–H groups in total. The molecule has 0 aromatic rings. The Morgan fingerprint density at radius 3 is 1.28 bits per heavy atom. The smallest absolute Gasteiger partial charge is 0.140 e. The van der Waals surface area contributed by atoms with Gasteiger partial charge in [-0.2, -0.15) is 0 Å². The van der Waals surface area contributed by atoms with Crippen LogP contribution in [-0.4, -0.2) is 33.4 Å². The molecule has 0 rings (SSSR count). The predicted octanol–water partition coefficient (Wildman–Crippen LogP) is -1.96. The molecule has 0 fully saturated rings. The average Bonchev–Trinajstić information content (AvgIpc) is 2.33. The number of carboxylic acids is 2. The normalized spacial score (nSPS) is 21.4. The van der Waals surface area contributed by atoms with Crippen LogP contribution in [-0.2, 0) is 9.59 Å². The first kappa shape index (κ1) is 16.9. The lowest BCUT2D eigenvalue weighted by Crippen LogP contribution is -2.75. The Balaban J connectivity index is 5.97. The van der Waals surface area contributed by atoms with Gasteiger partial charge < -0.3 is 30.0 Å². The minimum atomic E-state index is -2.89. The Bertz CT molecular complexity index is 297. The fourth-order valence-electron chi connectivity index (χ4n) is 2.06. The fraction of sp³-hybridized carbons (Fsp3) is 0.833. The van der Waals surface area contributed by atoms with Crippen molar-refractivity contribution in [3.63, 3.8) is 0 Å². The molecule has 0 heterocycles. The molecule has 106 valence electrons. The summed E-state index contributed by atoms with van der Waals surface area (Å²) in [5.74, 6) is -6.02. The van der Waals surface area contributed by atoms with Gasteiger partial charge in [-0.25, -0.2) is 0 Å². The van der Waals surface area contributed by atoms with Crippen molar-refractivity contribution in [1.82, 2.24) is 0 Å². The summed E-state index contributed by atoms with van der Waals surface area (Å²) in [6.45, 7) is 5.83. The third kappa shape index (κ3) is 2.22. The molecule has 0 bridgehead atoms. The van der Waals surface area contributed by atoms with Crippen LogP contribution in [0.15, 0.2) is 0 Å². The zero-order chi connectivity index (χ0) is 14.7. The first-order valence-corrected chi connectivity index (χ1v) is 5.98. The van der Waals surface area contributed by atoms with Crippen LogP contribution in [0.3, 0.4) is 0 Å². The van der Waals surface area contributed by atoms with Gasteiger partial charge in [-0.3, -0.25) is 0 Å². The van der Waals surface area contributed by atoms with Crippen LogP contribution in [0.5, 0.6) is 0 Å². The van der Waals surface area contributed by atoms with Crippen molar-refractivity contribution >= 4 is 11.9 Å². The van der Waals surface area contributed by atoms with Gasteiger partial charge in [0, 0.05) is 0 Å². The van der Waals surface area contributed by atoms with E-state index in [9.17, 15) is 30.0 Å². The van der Waals surface area contributed by atoms with Crippen LogP contribution in [0.25, 0.3) is 0 Å². The molecule has 0 spiro atoms. The third-order valence-electron chi connectivity index (χ3n) is 3.85. The zero-order valence-electron chi connectivity index (χ0n) is 11.1. The number of aliphatic hydroxyl groups is 2. The van der Waals surface area contributed by atoms with Crippen LogP contribution in [0.2, 0.25) is 0 Å². The van der Waals surface area contributed by atoms with Crippen molar-refractivity contribution in [1.29, 1.82) is 0 Å². The molecule has 0 amide bonds. The maximum Gasteiger partial charge on any atom is 0.140 e. The van der Waals surface area contributed by atoms with E-state index in [2.05, 4.69) is 0 Å². The second kappa shape index (κ2) is 5.67. The maximum atomic E-state index is 11.2. The van der Waals surface area contributed by atoms with E-state index in [0.717, 1.165) is 0 Å². The lowest BCUT2D eigenvalue weighted by molar-refractivity contribution is -0.367. The standard InChI is InChI=1S/C12H22O6/c1-5-7(3)11(17,9(13)14)12(18,10(15)16)8(4)6-2/h7-8,17-18H,5-6H2,1-4H3,(H,13,14)(H,15,16)/p-2. The number of carbonyl (C=O) groups excluding carboxylic acids is 2. The minimum absolute atomic E-state index is 0.163. The second-order valence-electron chi connectivity index (χ2n) is 4.73. The lowest BCUT2D eigenvalue weighted by Gasteiger charge is -2.50. The maximum absolute atomic E-state index is 11.2. The number of hydrogen-bond acceptors (Lipinski definition) is 6. The number of carbonyl (C=O) groups is 2. The molecule has 6 nitrogen and oxygen atoms in total. The molecule has 0 aliphatic carbocycles. The summed E-state index contributed by atoms with van der Waals surface area (Å²) < 4.78 is 0. The zero-order valence-corrected chi connectivity index (χ0v) is 11.1. The summed E-state index contributed by atoms with van der Waals surface area (Å²) in [7, 11) is 0. The van der Waals surface area contributed by atoms with Crippen LogP contribution in [0.1, 0.15) is 40.5 Å². The van der Waals surface area contributed by atoms with Gasteiger partial charge >= 0.3 is 0 Å². The van der Waals surface area contributed by atoms with E-state index in [4.69, 9.17) is 0 Å². The molecule has 6 heteroatoms. The highest BCUT2D eigenvalue weighted by atomic mass is 16.5. The van der Waals surface area contributed by atoms with Crippen molar-refractivity contribution in [2.24, 2.45) is 11.8 Å². The monoisotopic (exact) mass is 260 g/mol. The first-order valence-electron chi connectivity index (χ1n) is 5.98. The van der Waals surface area contributed by atoms with Gasteiger partial charge in [0.15, 0.2) is 0 Å². The Kier molecular flexibility index (Phi) is 5.31. The average molecular weight is 260 g/mol. The van der Waals surface area contributed by atoms with E-state index in [1.807, 2.05) is 0 Å². The van der Waals surface area contributed by atoms with Crippen molar-refractivity contribution in [2.75, 3.05) is 0 Å². The van der Waals surface area contributed by atoms with E-state index < -0.39 is 35.0 Å². The highest BCUT2D eigenvalue weighted by Gasteiger charge is 2.57. The van der Waals surface area contributed by atoms with Crippen LogP contribution < -0.4 is 10.2 Å². The molecule has 0 saturated carbocycles. The number of rotatable bonds is 7. The Hall–Kier alpha value is -1.14. The molecule has 0 aliphatic rings. The number of aliphatic carboxylic acids is 2. The van der Waals surface area contributed by atoms with E-state index in [1.165, 1.54) is 13.8 Å².